The summed E-state index contributed by atoms with van der Waals surface area (Å²) in [5, 5.41) is 23.4. The van der Waals surface area contributed by atoms with Gasteiger partial charge < -0.3 is 20.8 Å². The molecule has 0 aliphatic heterocycles. The first-order valence-electron chi connectivity index (χ1n) is 6.13. The van der Waals surface area contributed by atoms with Crippen LogP contribution in [0.1, 0.15) is 5.56 Å². The van der Waals surface area contributed by atoms with Crippen LogP contribution < -0.4 is 10.6 Å². The summed E-state index contributed by atoms with van der Waals surface area (Å²) < 4.78 is 38.3. The number of anilines is 2. The Morgan fingerprint density at radius 2 is 1.52 bits per heavy atom. The molecule has 0 saturated heterocycles. The predicted molar refractivity (Wildman–Crippen MR) is 86.1 cm³/mol. The highest BCUT2D eigenvalue weighted by atomic mass is 35.5. The normalized spacial score (nSPS) is 11.1. The second-order valence-electron chi connectivity index (χ2n) is 4.48. The van der Waals surface area contributed by atoms with Crippen LogP contribution in [-0.4, -0.2) is 15.3 Å². The molecule has 9 heteroatoms. The molecule has 0 radical (unpaired) electrons. The number of halogens is 4. The molecular weight excluding hydrogens is 353 g/mol. The summed E-state index contributed by atoms with van der Waals surface area (Å²) >= 11 is 10.5. The maximum Gasteiger partial charge on any atom is 0.417 e. The van der Waals surface area contributed by atoms with Gasteiger partial charge in [-0.05, 0) is 42.5 Å². The largest absolute Gasteiger partial charge is 0.504 e. The lowest BCUT2D eigenvalue weighted by Gasteiger charge is -2.14. The summed E-state index contributed by atoms with van der Waals surface area (Å²) in [7, 11) is 0. The molecule has 4 nitrogen and oxygen atoms in total. The summed E-state index contributed by atoms with van der Waals surface area (Å²) in [6.07, 6.45) is -4.58. The topological polar surface area (TPSA) is 64.5 Å². The van der Waals surface area contributed by atoms with Crippen molar-refractivity contribution >= 4 is 40.3 Å². The predicted octanol–water partition coefficient (Wildman–Crippen LogP) is 4.58. The molecule has 2 aromatic rings. The van der Waals surface area contributed by atoms with Crippen LogP contribution in [0.3, 0.4) is 0 Å². The molecule has 0 aliphatic carbocycles. The minimum atomic E-state index is -4.58. The van der Waals surface area contributed by atoms with Crippen molar-refractivity contribution in [3.05, 3.63) is 47.0 Å². The van der Waals surface area contributed by atoms with Gasteiger partial charge in [-0.15, -0.1) is 0 Å². The van der Waals surface area contributed by atoms with E-state index in [1.54, 1.807) is 0 Å². The lowest BCUT2D eigenvalue weighted by atomic mass is 10.2. The molecule has 0 aromatic heterocycles. The fourth-order valence-corrected chi connectivity index (χ4v) is 2.18. The lowest BCUT2D eigenvalue weighted by molar-refractivity contribution is -0.137. The molecule has 122 valence electrons. The molecule has 2 rings (SSSR count). The number of hydrogen-bond acceptors (Lipinski definition) is 3. The molecular formula is C14H10ClF3N2O2S. The summed E-state index contributed by atoms with van der Waals surface area (Å²) in [5.74, 6) is -0.661. The fourth-order valence-electron chi connectivity index (χ4n) is 1.71. The maximum atomic E-state index is 12.8. The van der Waals surface area contributed by atoms with Gasteiger partial charge in [0.15, 0.2) is 16.6 Å². The summed E-state index contributed by atoms with van der Waals surface area (Å²) in [4.78, 5) is 0. The molecule has 0 atom stereocenters. The van der Waals surface area contributed by atoms with Gasteiger partial charge in [0, 0.05) is 17.4 Å². The third-order valence-electron chi connectivity index (χ3n) is 2.76. The SMILES string of the molecule is Oc1ccc(NC(=S)Nc2ccc(Cl)c(C(F)(F)F)c2)cc1O. The van der Waals surface area contributed by atoms with E-state index < -0.39 is 16.8 Å². The van der Waals surface area contributed by atoms with E-state index in [4.69, 9.17) is 23.8 Å². The molecule has 0 spiro atoms. The molecule has 2 aromatic carbocycles. The van der Waals surface area contributed by atoms with Gasteiger partial charge in [0.25, 0.3) is 0 Å². The van der Waals surface area contributed by atoms with Gasteiger partial charge in [0.05, 0.1) is 10.6 Å². The van der Waals surface area contributed by atoms with E-state index in [-0.39, 0.29) is 22.3 Å². The van der Waals surface area contributed by atoms with Crippen molar-refractivity contribution in [3.8, 4) is 11.5 Å². The number of benzene rings is 2. The second kappa shape index (κ2) is 6.51. The third-order valence-corrected chi connectivity index (χ3v) is 3.30. The Hall–Kier alpha value is -2.19. The summed E-state index contributed by atoms with van der Waals surface area (Å²) in [6.45, 7) is 0. The van der Waals surface area contributed by atoms with Crippen molar-refractivity contribution < 1.29 is 23.4 Å². The number of thiocarbonyl (C=S) groups is 1. The van der Waals surface area contributed by atoms with Gasteiger partial charge in [0.1, 0.15) is 0 Å². The number of rotatable bonds is 2. The highest BCUT2D eigenvalue weighted by molar-refractivity contribution is 7.80. The van der Waals surface area contributed by atoms with Crippen molar-refractivity contribution in [1.82, 2.24) is 0 Å². The number of phenolic OH excluding ortho intramolecular Hbond substituents is 2. The molecule has 0 bridgehead atoms. The van der Waals surface area contributed by atoms with Crippen LogP contribution in [0.15, 0.2) is 36.4 Å². The smallest absolute Gasteiger partial charge is 0.417 e. The monoisotopic (exact) mass is 362 g/mol. The highest BCUT2D eigenvalue weighted by Gasteiger charge is 2.33. The molecule has 0 aliphatic rings. The molecule has 0 saturated carbocycles. The van der Waals surface area contributed by atoms with Gasteiger partial charge in [-0.2, -0.15) is 13.2 Å². The van der Waals surface area contributed by atoms with Crippen LogP contribution >= 0.6 is 23.8 Å². The van der Waals surface area contributed by atoms with E-state index >= 15 is 0 Å². The van der Waals surface area contributed by atoms with Crippen LogP contribution in [0.25, 0.3) is 0 Å². The third kappa shape index (κ3) is 4.40. The molecule has 0 amide bonds. The van der Waals surface area contributed by atoms with E-state index in [1.165, 1.54) is 24.3 Å². The second-order valence-corrected chi connectivity index (χ2v) is 5.29. The first-order chi connectivity index (χ1) is 10.7. The number of hydrogen-bond donors (Lipinski definition) is 4. The van der Waals surface area contributed by atoms with E-state index in [0.29, 0.717) is 5.69 Å². The zero-order valence-electron chi connectivity index (χ0n) is 11.3. The fraction of sp³-hybridized carbons (Fsp3) is 0.0714. The zero-order chi connectivity index (χ0) is 17.2. The van der Waals surface area contributed by atoms with Crippen LogP contribution in [0, 0.1) is 0 Å². The van der Waals surface area contributed by atoms with Crippen molar-refractivity contribution in [3.63, 3.8) is 0 Å². The summed E-state index contributed by atoms with van der Waals surface area (Å²) in [6, 6.07) is 7.19. The van der Waals surface area contributed by atoms with Crippen LogP contribution in [0.4, 0.5) is 24.5 Å². The Labute approximate surface area is 139 Å². The minimum absolute atomic E-state index is 0.00513. The van der Waals surface area contributed by atoms with Crippen LogP contribution in [0.2, 0.25) is 5.02 Å². The zero-order valence-corrected chi connectivity index (χ0v) is 12.9. The first-order valence-corrected chi connectivity index (χ1v) is 6.92. The average Bonchev–Trinajstić information content (AvgIpc) is 2.44. The van der Waals surface area contributed by atoms with E-state index in [2.05, 4.69) is 10.6 Å². The molecule has 0 fully saturated rings. The number of nitrogens with one attached hydrogen (secondary N) is 2. The first kappa shape index (κ1) is 17.2. The Balaban J connectivity index is 2.12. The van der Waals surface area contributed by atoms with E-state index in [9.17, 15) is 23.4 Å². The van der Waals surface area contributed by atoms with Crippen molar-refractivity contribution in [2.75, 3.05) is 10.6 Å². The van der Waals surface area contributed by atoms with E-state index in [1.807, 2.05) is 0 Å². The van der Waals surface area contributed by atoms with Crippen molar-refractivity contribution in [1.29, 1.82) is 0 Å². The van der Waals surface area contributed by atoms with Gasteiger partial charge in [-0.25, -0.2) is 0 Å². The Bertz CT molecular complexity index is 753. The van der Waals surface area contributed by atoms with E-state index in [0.717, 1.165) is 12.1 Å². The summed E-state index contributed by atoms with van der Waals surface area (Å²) in [5.41, 5.74) is -0.528. The molecule has 4 N–H and O–H groups in total. The number of phenols is 2. The molecule has 23 heavy (non-hydrogen) atoms. The quantitative estimate of drug-likeness (QED) is 0.358. The van der Waals surface area contributed by atoms with Crippen molar-refractivity contribution in [2.45, 2.75) is 6.18 Å². The highest BCUT2D eigenvalue weighted by Crippen LogP contribution is 2.36. The molecule has 0 heterocycles. The van der Waals surface area contributed by atoms with Gasteiger partial charge in [0.2, 0.25) is 0 Å². The maximum absolute atomic E-state index is 12.8. The standard InChI is InChI=1S/C14H10ClF3N2O2S/c15-10-3-1-7(5-9(10)14(16,17)18)19-13(23)20-8-2-4-11(21)12(22)6-8/h1-6,21-22H,(H2,19,20,23). The van der Waals surface area contributed by atoms with Gasteiger partial charge in [-0.1, -0.05) is 11.6 Å². The Kier molecular flexibility index (Phi) is 4.86. The van der Waals surface area contributed by atoms with Crippen LogP contribution in [0.5, 0.6) is 11.5 Å². The lowest BCUT2D eigenvalue weighted by Crippen LogP contribution is -2.19. The Morgan fingerprint density at radius 3 is 2.09 bits per heavy atom. The average molecular weight is 363 g/mol. The Morgan fingerprint density at radius 1 is 0.957 bits per heavy atom. The molecule has 0 unspecified atom stereocenters. The number of alkyl halides is 3. The number of aromatic hydroxyl groups is 2. The van der Waals surface area contributed by atoms with Crippen molar-refractivity contribution in [2.24, 2.45) is 0 Å². The minimum Gasteiger partial charge on any atom is -0.504 e. The van der Waals surface area contributed by atoms with Crippen LogP contribution in [-0.2, 0) is 6.18 Å². The van der Waals surface area contributed by atoms with Gasteiger partial charge >= 0.3 is 6.18 Å². The van der Waals surface area contributed by atoms with Gasteiger partial charge in [-0.3, -0.25) is 0 Å².